The minimum Gasteiger partial charge on any atom is -0.456 e. The molecule has 0 saturated heterocycles. The van der Waals surface area contributed by atoms with Crippen LogP contribution in [0.25, 0.3) is 110 Å². The van der Waals surface area contributed by atoms with Crippen LogP contribution in [0.4, 0.5) is 0 Å². The number of hydrogen-bond acceptors (Lipinski definition) is 1. The highest BCUT2D eigenvalue weighted by Crippen LogP contribution is 2.49. The minimum atomic E-state index is 0.907. The first-order valence-corrected chi connectivity index (χ1v) is 18.3. The van der Waals surface area contributed by atoms with Crippen LogP contribution in [0.5, 0.6) is 0 Å². The molecule has 0 aliphatic heterocycles. The molecule has 1 aromatic heterocycles. The molecule has 0 atom stereocenters. The Morgan fingerprint density at radius 1 is 0.245 bits per heavy atom. The summed E-state index contributed by atoms with van der Waals surface area (Å²) in [5, 5.41) is 12.2. The number of fused-ring (bicyclic) bond motifs is 7. The first kappa shape index (κ1) is 29.7. The number of hydrogen-bond donors (Lipinski definition) is 0. The Kier molecular flexibility index (Phi) is 6.62. The maximum absolute atomic E-state index is 6.22. The van der Waals surface area contributed by atoms with Gasteiger partial charge in [0.15, 0.2) is 0 Å². The van der Waals surface area contributed by atoms with E-state index >= 15 is 0 Å². The van der Waals surface area contributed by atoms with E-state index in [0.29, 0.717) is 0 Å². The van der Waals surface area contributed by atoms with Gasteiger partial charge in [-0.05, 0) is 112 Å². The Bertz CT molecular complexity index is 3220. The summed E-state index contributed by atoms with van der Waals surface area (Å²) in [6.07, 6.45) is 0. The van der Waals surface area contributed by atoms with Crippen molar-refractivity contribution in [1.82, 2.24) is 0 Å². The summed E-state index contributed by atoms with van der Waals surface area (Å²) in [5.74, 6) is 0. The monoisotopic (exact) mass is 672 g/mol. The lowest BCUT2D eigenvalue weighted by Gasteiger charge is -2.21. The predicted molar refractivity (Wildman–Crippen MR) is 225 cm³/mol. The molecule has 1 heterocycles. The quantitative estimate of drug-likeness (QED) is 0.170. The van der Waals surface area contributed by atoms with Gasteiger partial charge >= 0.3 is 0 Å². The van der Waals surface area contributed by atoms with Gasteiger partial charge in [-0.2, -0.15) is 0 Å². The zero-order valence-corrected chi connectivity index (χ0v) is 28.9. The molecule has 0 aliphatic rings. The molecule has 10 aromatic carbocycles. The van der Waals surface area contributed by atoms with Crippen molar-refractivity contribution in [3.63, 3.8) is 0 Å². The molecular formula is C52H32O. The summed E-state index contributed by atoms with van der Waals surface area (Å²) >= 11 is 0. The summed E-state index contributed by atoms with van der Waals surface area (Å²) in [4.78, 5) is 0. The van der Waals surface area contributed by atoms with Gasteiger partial charge in [0.1, 0.15) is 11.2 Å². The molecule has 0 radical (unpaired) electrons. The second-order valence-electron chi connectivity index (χ2n) is 14.0. The minimum absolute atomic E-state index is 0.907. The van der Waals surface area contributed by atoms with E-state index in [9.17, 15) is 0 Å². The van der Waals surface area contributed by atoms with Crippen LogP contribution in [0, 0.1) is 0 Å². The molecule has 11 rings (SSSR count). The molecule has 0 unspecified atom stereocenters. The SMILES string of the molecule is c1ccc(-c2c3ccccc3c(-c3cccc4ccccc34)c3ccc(-c4ccc5oc6ccccc6c5c4)cc23)c(-c2cccc3ccccc23)c1. The zero-order valence-electron chi connectivity index (χ0n) is 28.9. The van der Waals surface area contributed by atoms with E-state index in [2.05, 4.69) is 182 Å². The van der Waals surface area contributed by atoms with Crippen molar-refractivity contribution >= 4 is 65.0 Å². The summed E-state index contributed by atoms with van der Waals surface area (Å²) < 4.78 is 6.22. The Balaban J connectivity index is 1.27. The maximum Gasteiger partial charge on any atom is 0.135 e. The highest BCUT2D eigenvalue weighted by Gasteiger charge is 2.21. The van der Waals surface area contributed by atoms with Crippen LogP contribution in [0.2, 0.25) is 0 Å². The molecule has 0 bridgehead atoms. The molecule has 0 amide bonds. The van der Waals surface area contributed by atoms with Gasteiger partial charge in [-0.15, -0.1) is 0 Å². The topological polar surface area (TPSA) is 13.1 Å². The molecule has 0 spiro atoms. The summed E-state index contributed by atoms with van der Waals surface area (Å²) in [7, 11) is 0. The van der Waals surface area contributed by atoms with Crippen LogP contribution in [0.1, 0.15) is 0 Å². The lowest BCUT2D eigenvalue weighted by Crippen LogP contribution is -1.94. The fourth-order valence-electron chi connectivity index (χ4n) is 8.68. The lowest BCUT2D eigenvalue weighted by atomic mass is 9.82. The molecule has 0 fully saturated rings. The van der Waals surface area contributed by atoms with Gasteiger partial charge in [0.25, 0.3) is 0 Å². The number of benzene rings is 10. The van der Waals surface area contributed by atoms with E-state index in [-0.39, 0.29) is 0 Å². The number of rotatable bonds is 4. The van der Waals surface area contributed by atoms with Crippen LogP contribution >= 0.6 is 0 Å². The van der Waals surface area contributed by atoms with E-state index in [1.54, 1.807) is 0 Å². The molecule has 0 N–H and O–H groups in total. The van der Waals surface area contributed by atoms with E-state index in [4.69, 9.17) is 4.42 Å². The average Bonchev–Trinajstić information content (AvgIpc) is 3.60. The number of para-hydroxylation sites is 1. The smallest absolute Gasteiger partial charge is 0.135 e. The molecule has 1 heteroatoms. The predicted octanol–water partition coefficient (Wildman–Crippen LogP) is 14.9. The number of furan rings is 1. The largest absolute Gasteiger partial charge is 0.456 e. The van der Waals surface area contributed by atoms with Crippen LogP contribution < -0.4 is 0 Å². The second-order valence-corrected chi connectivity index (χ2v) is 14.0. The highest BCUT2D eigenvalue weighted by molar-refractivity contribution is 6.25. The van der Waals surface area contributed by atoms with Crippen LogP contribution in [0.3, 0.4) is 0 Å². The van der Waals surface area contributed by atoms with Gasteiger partial charge in [0.05, 0.1) is 0 Å². The average molecular weight is 673 g/mol. The fourth-order valence-corrected chi connectivity index (χ4v) is 8.68. The summed E-state index contributed by atoms with van der Waals surface area (Å²) in [6.45, 7) is 0. The highest BCUT2D eigenvalue weighted by atomic mass is 16.3. The van der Waals surface area contributed by atoms with Gasteiger partial charge in [-0.3, -0.25) is 0 Å². The van der Waals surface area contributed by atoms with E-state index in [0.717, 1.165) is 21.9 Å². The third-order valence-electron chi connectivity index (χ3n) is 11.1. The Hall–Kier alpha value is -6.96. The molecule has 0 saturated carbocycles. The van der Waals surface area contributed by atoms with E-state index in [1.165, 1.54) is 87.6 Å². The van der Waals surface area contributed by atoms with Crippen molar-refractivity contribution in [3.8, 4) is 44.5 Å². The summed E-state index contributed by atoms with van der Waals surface area (Å²) in [5.41, 5.74) is 11.6. The Labute approximate surface area is 307 Å². The standard InChI is InChI=1S/C52H32O/c1-3-17-37-33(13-1)15-11-24-39(37)40-19-5-6-21-43(40)52-45-23-8-7-22-44(45)51(42-25-12-16-34-14-2-4-18-38(34)42)46-29-27-35(32-48(46)52)36-28-30-50-47(31-36)41-20-9-10-26-49(41)53-50/h1-32H. The zero-order chi connectivity index (χ0) is 34.9. The van der Waals surface area contributed by atoms with Gasteiger partial charge in [0, 0.05) is 10.8 Å². The first-order chi connectivity index (χ1) is 26.3. The second kappa shape index (κ2) is 11.8. The Morgan fingerprint density at radius 2 is 0.698 bits per heavy atom. The molecular weight excluding hydrogens is 641 g/mol. The van der Waals surface area contributed by atoms with Gasteiger partial charge in [-0.1, -0.05) is 170 Å². The van der Waals surface area contributed by atoms with Crippen molar-refractivity contribution in [3.05, 3.63) is 194 Å². The van der Waals surface area contributed by atoms with Gasteiger partial charge in [0.2, 0.25) is 0 Å². The van der Waals surface area contributed by atoms with E-state index < -0.39 is 0 Å². The first-order valence-electron chi connectivity index (χ1n) is 18.3. The van der Waals surface area contributed by atoms with Crippen LogP contribution in [-0.2, 0) is 0 Å². The summed E-state index contributed by atoms with van der Waals surface area (Å²) in [6, 6.07) is 70.8. The molecule has 0 aliphatic carbocycles. The lowest BCUT2D eigenvalue weighted by molar-refractivity contribution is 0.669. The van der Waals surface area contributed by atoms with Crippen molar-refractivity contribution in [2.75, 3.05) is 0 Å². The molecule has 11 aromatic rings. The van der Waals surface area contributed by atoms with Gasteiger partial charge < -0.3 is 4.42 Å². The van der Waals surface area contributed by atoms with Gasteiger partial charge in [-0.25, -0.2) is 0 Å². The molecule has 246 valence electrons. The fraction of sp³-hybridized carbons (Fsp3) is 0. The normalized spacial score (nSPS) is 11.8. The third-order valence-corrected chi connectivity index (χ3v) is 11.1. The van der Waals surface area contributed by atoms with E-state index in [1.807, 2.05) is 12.1 Å². The van der Waals surface area contributed by atoms with Crippen molar-refractivity contribution < 1.29 is 4.42 Å². The van der Waals surface area contributed by atoms with Crippen molar-refractivity contribution in [1.29, 1.82) is 0 Å². The van der Waals surface area contributed by atoms with Crippen LogP contribution in [-0.4, -0.2) is 0 Å². The maximum atomic E-state index is 6.22. The Morgan fingerprint density at radius 3 is 1.43 bits per heavy atom. The van der Waals surface area contributed by atoms with Crippen molar-refractivity contribution in [2.24, 2.45) is 0 Å². The van der Waals surface area contributed by atoms with Crippen LogP contribution in [0.15, 0.2) is 199 Å². The molecule has 1 nitrogen and oxygen atoms in total. The molecule has 53 heavy (non-hydrogen) atoms. The van der Waals surface area contributed by atoms with Crippen molar-refractivity contribution in [2.45, 2.75) is 0 Å². The third kappa shape index (κ3) is 4.64.